The van der Waals surface area contributed by atoms with Crippen molar-refractivity contribution in [3.05, 3.63) is 70.8 Å². The number of urea groups is 1. The first-order chi connectivity index (χ1) is 12.7. The van der Waals surface area contributed by atoms with Crippen LogP contribution in [-0.4, -0.2) is 16.2 Å². The Kier molecular flexibility index (Phi) is 4.58. The molecule has 1 aliphatic rings. The minimum Gasteiger partial charge on any atom is -0.339 e. The molecule has 1 aromatic heterocycles. The van der Waals surface area contributed by atoms with Gasteiger partial charge in [-0.15, -0.1) is 0 Å². The van der Waals surface area contributed by atoms with Crippen molar-refractivity contribution in [2.45, 2.75) is 25.2 Å². The van der Waals surface area contributed by atoms with Crippen LogP contribution in [0.25, 0.3) is 0 Å². The van der Waals surface area contributed by atoms with Crippen LogP contribution >= 0.6 is 11.6 Å². The van der Waals surface area contributed by atoms with Gasteiger partial charge in [0.1, 0.15) is 0 Å². The summed E-state index contributed by atoms with van der Waals surface area (Å²) in [6, 6.07) is 14.1. The van der Waals surface area contributed by atoms with E-state index in [0.717, 1.165) is 24.2 Å². The molecule has 2 N–H and O–H groups in total. The maximum Gasteiger partial charge on any atom is 0.323 e. The van der Waals surface area contributed by atoms with Crippen molar-refractivity contribution in [3.8, 4) is 0 Å². The number of aromatic nitrogens is 2. The second-order valence-corrected chi connectivity index (χ2v) is 6.68. The number of anilines is 2. The second kappa shape index (κ2) is 7.17. The van der Waals surface area contributed by atoms with Crippen LogP contribution in [0.15, 0.2) is 53.1 Å². The first kappa shape index (κ1) is 16.6. The number of carbonyl (C=O) groups excluding carboxylic acids is 1. The third kappa shape index (κ3) is 4.03. The monoisotopic (exact) mass is 368 g/mol. The molecule has 7 heteroatoms. The number of para-hydroxylation sites is 1. The van der Waals surface area contributed by atoms with E-state index in [1.54, 1.807) is 24.3 Å². The molecule has 4 rings (SSSR count). The molecule has 132 valence electrons. The quantitative estimate of drug-likeness (QED) is 0.675. The smallest absolute Gasteiger partial charge is 0.323 e. The number of amides is 2. The zero-order chi connectivity index (χ0) is 17.9. The first-order valence-electron chi connectivity index (χ1n) is 8.41. The molecule has 0 saturated heterocycles. The standard InChI is InChI=1S/C19H17ClN4O2/c20-14-7-9-15(10-8-14)21-19(25)22-16-4-2-1-3-13(16)11-17-23-18(24-26-17)12-5-6-12/h1-4,7-10,12H,5-6,11H2,(H2,21,22,25). The summed E-state index contributed by atoms with van der Waals surface area (Å²) in [6.45, 7) is 0. The van der Waals surface area contributed by atoms with Gasteiger partial charge in [-0.05, 0) is 48.7 Å². The fourth-order valence-electron chi connectivity index (χ4n) is 2.62. The Morgan fingerprint density at radius 3 is 2.65 bits per heavy atom. The molecule has 6 nitrogen and oxygen atoms in total. The molecular formula is C19H17ClN4O2. The van der Waals surface area contributed by atoms with Gasteiger partial charge in [-0.1, -0.05) is 35.0 Å². The summed E-state index contributed by atoms with van der Waals surface area (Å²) in [5, 5.41) is 10.3. The lowest BCUT2D eigenvalue weighted by Gasteiger charge is -2.11. The number of hydrogen-bond donors (Lipinski definition) is 2. The molecular weight excluding hydrogens is 352 g/mol. The third-order valence-electron chi connectivity index (χ3n) is 4.14. The number of rotatable bonds is 5. The molecule has 2 aromatic carbocycles. The van der Waals surface area contributed by atoms with E-state index in [9.17, 15) is 4.79 Å². The van der Waals surface area contributed by atoms with Crippen LogP contribution in [0.3, 0.4) is 0 Å². The Morgan fingerprint density at radius 1 is 1.12 bits per heavy atom. The van der Waals surface area contributed by atoms with Crippen molar-refractivity contribution in [1.29, 1.82) is 0 Å². The Morgan fingerprint density at radius 2 is 1.88 bits per heavy atom. The molecule has 3 aromatic rings. The van der Waals surface area contributed by atoms with Crippen LogP contribution in [0.5, 0.6) is 0 Å². The van der Waals surface area contributed by atoms with Crippen LogP contribution in [0.2, 0.25) is 5.02 Å². The van der Waals surface area contributed by atoms with E-state index in [4.69, 9.17) is 16.1 Å². The second-order valence-electron chi connectivity index (χ2n) is 6.24. The summed E-state index contributed by atoms with van der Waals surface area (Å²) in [5.41, 5.74) is 2.27. The molecule has 1 saturated carbocycles. The Hall–Kier alpha value is -2.86. The van der Waals surface area contributed by atoms with E-state index in [2.05, 4.69) is 20.8 Å². The molecule has 0 bridgehead atoms. The molecule has 2 amide bonds. The highest BCUT2D eigenvalue weighted by molar-refractivity contribution is 6.30. The van der Waals surface area contributed by atoms with Gasteiger partial charge in [0, 0.05) is 22.3 Å². The predicted molar refractivity (Wildman–Crippen MR) is 99.6 cm³/mol. The van der Waals surface area contributed by atoms with Gasteiger partial charge in [0.2, 0.25) is 5.89 Å². The molecule has 0 radical (unpaired) electrons. The van der Waals surface area contributed by atoms with E-state index in [1.807, 2.05) is 24.3 Å². The highest BCUT2D eigenvalue weighted by Gasteiger charge is 2.28. The van der Waals surface area contributed by atoms with Gasteiger partial charge in [0.05, 0.1) is 6.42 Å². The average molecular weight is 369 g/mol. The molecule has 1 fully saturated rings. The highest BCUT2D eigenvalue weighted by Crippen LogP contribution is 2.38. The number of hydrogen-bond acceptors (Lipinski definition) is 4. The molecule has 0 aliphatic heterocycles. The molecule has 26 heavy (non-hydrogen) atoms. The van der Waals surface area contributed by atoms with Gasteiger partial charge >= 0.3 is 6.03 Å². The molecule has 1 heterocycles. The van der Waals surface area contributed by atoms with Crippen LogP contribution in [0.4, 0.5) is 16.2 Å². The summed E-state index contributed by atoms with van der Waals surface area (Å²) in [7, 11) is 0. The highest BCUT2D eigenvalue weighted by atomic mass is 35.5. The summed E-state index contributed by atoms with van der Waals surface area (Å²) in [5.74, 6) is 1.79. The number of nitrogens with one attached hydrogen (secondary N) is 2. The number of nitrogens with zero attached hydrogens (tertiary/aromatic N) is 2. The van der Waals surface area contributed by atoms with Gasteiger partial charge in [-0.25, -0.2) is 4.79 Å². The van der Waals surface area contributed by atoms with Crippen LogP contribution < -0.4 is 10.6 Å². The van der Waals surface area contributed by atoms with Crippen molar-refractivity contribution >= 4 is 29.0 Å². The van der Waals surface area contributed by atoms with E-state index < -0.39 is 0 Å². The van der Waals surface area contributed by atoms with Gasteiger partial charge < -0.3 is 15.2 Å². The van der Waals surface area contributed by atoms with Crippen molar-refractivity contribution in [2.75, 3.05) is 10.6 Å². The first-order valence-corrected chi connectivity index (χ1v) is 8.79. The van der Waals surface area contributed by atoms with Crippen LogP contribution in [0.1, 0.15) is 36.0 Å². The van der Waals surface area contributed by atoms with E-state index in [-0.39, 0.29) is 6.03 Å². The lowest BCUT2D eigenvalue weighted by molar-refractivity contribution is 0.262. The third-order valence-corrected chi connectivity index (χ3v) is 4.39. The summed E-state index contributed by atoms with van der Waals surface area (Å²) >= 11 is 5.85. The lowest BCUT2D eigenvalue weighted by Crippen LogP contribution is -2.20. The van der Waals surface area contributed by atoms with Gasteiger partial charge in [-0.2, -0.15) is 4.98 Å². The van der Waals surface area contributed by atoms with Crippen molar-refractivity contribution in [1.82, 2.24) is 10.1 Å². The SMILES string of the molecule is O=C(Nc1ccc(Cl)cc1)Nc1ccccc1Cc1nc(C2CC2)no1. The maximum absolute atomic E-state index is 12.3. The zero-order valence-corrected chi connectivity index (χ0v) is 14.7. The van der Waals surface area contributed by atoms with Crippen molar-refractivity contribution in [2.24, 2.45) is 0 Å². The number of carbonyl (C=O) groups is 1. The van der Waals surface area contributed by atoms with Gasteiger partial charge in [0.15, 0.2) is 5.82 Å². The summed E-state index contributed by atoms with van der Waals surface area (Å²) < 4.78 is 5.33. The Balaban J connectivity index is 1.44. The molecule has 0 atom stereocenters. The Labute approximate surface area is 155 Å². The largest absolute Gasteiger partial charge is 0.339 e. The Bertz CT molecular complexity index is 919. The minimum absolute atomic E-state index is 0.330. The molecule has 0 unspecified atom stereocenters. The number of benzene rings is 2. The fraction of sp³-hybridized carbons (Fsp3) is 0.211. The van der Waals surface area contributed by atoms with Crippen LogP contribution in [0, 0.1) is 0 Å². The average Bonchev–Trinajstić information content (AvgIpc) is 3.38. The molecule has 1 aliphatic carbocycles. The zero-order valence-electron chi connectivity index (χ0n) is 13.9. The van der Waals surface area contributed by atoms with E-state index >= 15 is 0 Å². The topological polar surface area (TPSA) is 80.0 Å². The predicted octanol–water partition coefficient (Wildman–Crippen LogP) is 4.84. The van der Waals surface area contributed by atoms with E-state index in [0.29, 0.717) is 34.6 Å². The number of halogens is 1. The van der Waals surface area contributed by atoms with Gasteiger partial charge in [-0.3, -0.25) is 0 Å². The van der Waals surface area contributed by atoms with Crippen LogP contribution in [-0.2, 0) is 6.42 Å². The lowest BCUT2D eigenvalue weighted by atomic mass is 10.1. The summed E-state index contributed by atoms with van der Waals surface area (Å²) in [4.78, 5) is 16.7. The molecule has 0 spiro atoms. The van der Waals surface area contributed by atoms with E-state index in [1.165, 1.54) is 0 Å². The minimum atomic E-state index is -0.330. The normalized spacial score (nSPS) is 13.4. The summed E-state index contributed by atoms with van der Waals surface area (Å²) in [6.07, 6.45) is 2.72. The van der Waals surface area contributed by atoms with Crippen molar-refractivity contribution in [3.63, 3.8) is 0 Å². The maximum atomic E-state index is 12.3. The van der Waals surface area contributed by atoms with Gasteiger partial charge in [0.25, 0.3) is 0 Å². The van der Waals surface area contributed by atoms with Crippen molar-refractivity contribution < 1.29 is 9.32 Å². The fourth-order valence-corrected chi connectivity index (χ4v) is 2.75.